The molecule has 0 amide bonds. The van der Waals surface area contributed by atoms with Gasteiger partial charge in [0.1, 0.15) is 5.82 Å². The predicted octanol–water partition coefficient (Wildman–Crippen LogP) is 3.44. The predicted molar refractivity (Wildman–Crippen MR) is 69.3 cm³/mol. The number of rotatable bonds is 3. The van der Waals surface area contributed by atoms with E-state index in [1.165, 1.54) is 25.3 Å². The van der Waals surface area contributed by atoms with Gasteiger partial charge in [0, 0.05) is 6.04 Å². The third kappa shape index (κ3) is 3.06. The fourth-order valence-electron chi connectivity index (χ4n) is 2.92. The molecule has 3 atom stereocenters. The lowest BCUT2D eigenvalue weighted by Gasteiger charge is -2.20. The van der Waals surface area contributed by atoms with Gasteiger partial charge >= 0.3 is 0 Å². The molecule has 0 aliphatic heterocycles. The van der Waals surface area contributed by atoms with Crippen molar-refractivity contribution >= 4 is 0 Å². The molecule has 3 unspecified atom stereocenters. The molecule has 2 N–H and O–H groups in total. The van der Waals surface area contributed by atoms with E-state index in [0.717, 1.165) is 23.5 Å². The average molecular weight is 235 g/mol. The van der Waals surface area contributed by atoms with Gasteiger partial charge in [-0.15, -0.1) is 0 Å². The summed E-state index contributed by atoms with van der Waals surface area (Å²) < 4.78 is 13.2. The summed E-state index contributed by atoms with van der Waals surface area (Å²) in [6.07, 6.45) is 4.56. The van der Waals surface area contributed by atoms with Crippen molar-refractivity contribution in [3.63, 3.8) is 0 Å². The molecule has 1 saturated carbocycles. The van der Waals surface area contributed by atoms with E-state index in [1.807, 2.05) is 13.0 Å². The number of hydrogen-bond acceptors (Lipinski definition) is 1. The van der Waals surface area contributed by atoms with Gasteiger partial charge in [-0.2, -0.15) is 0 Å². The first kappa shape index (κ1) is 12.6. The third-order valence-corrected chi connectivity index (χ3v) is 4.11. The second kappa shape index (κ2) is 5.18. The van der Waals surface area contributed by atoms with Crippen molar-refractivity contribution in [2.24, 2.45) is 17.6 Å². The Kier molecular flexibility index (Phi) is 3.82. The second-order valence-corrected chi connectivity index (χ2v) is 5.62. The maximum absolute atomic E-state index is 13.2. The Balaban J connectivity index is 2.02. The van der Waals surface area contributed by atoms with Crippen LogP contribution in [0.2, 0.25) is 0 Å². The lowest BCUT2D eigenvalue weighted by Crippen LogP contribution is -2.31. The van der Waals surface area contributed by atoms with Crippen molar-refractivity contribution < 1.29 is 4.39 Å². The minimum Gasteiger partial charge on any atom is -0.327 e. The first-order valence-corrected chi connectivity index (χ1v) is 6.57. The zero-order chi connectivity index (χ0) is 12.4. The summed E-state index contributed by atoms with van der Waals surface area (Å²) in [5, 5.41) is 0. The summed E-state index contributed by atoms with van der Waals surface area (Å²) in [6.45, 7) is 4.32. The zero-order valence-electron chi connectivity index (χ0n) is 10.7. The van der Waals surface area contributed by atoms with Gasteiger partial charge < -0.3 is 5.73 Å². The van der Waals surface area contributed by atoms with E-state index in [9.17, 15) is 4.39 Å². The van der Waals surface area contributed by atoms with Crippen LogP contribution in [0, 0.1) is 24.6 Å². The molecule has 1 aromatic carbocycles. The van der Waals surface area contributed by atoms with Crippen molar-refractivity contribution in [2.75, 3.05) is 0 Å². The molecule has 0 spiro atoms. The van der Waals surface area contributed by atoms with Gasteiger partial charge in [0.2, 0.25) is 0 Å². The summed E-state index contributed by atoms with van der Waals surface area (Å²) in [5.41, 5.74) is 8.48. The van der Waals surface area contributed by atoms with E-state index in [-0.39, 0.29) is 11.9 Å². The Bertz CT molecular complexity index is 389. The van der Waals surface area contributed by atoms with Crippen LogP contribution in [0.3, 0.4) is 0 Å². The fraction of sp³-hybridized carbons (Fsp3) is 0.600. The molecule has 0 heterocycles. The minimum absolute atomic E-state index is 0.155. The van der Waals surface area contributed by atoms with Crippen LogP contribution in [-0.2, 0) is 6.42 Å². The monoisotopic (exact) mass is 235 g/mol. The lowest BCUT2D eigenvalue weighted by molar-refractivity contribution is 0.414. The van der Waals surface area contributed by atoms with E-state index in [2.05, 4.69) is 6.92 Å². The maximum atomic E-state index is 13.2. The molecule has 2 rings (SSSR count). The third-order valence-electron chi connectivity index (χ3n) is 4.11. The molecule has 0 bridgehead atoms. The Morgan fingerprint density at radius 3 is 2.82 bits per heavy atom. The van der Waals surface area contributed by atoms with Crippen molar-refractivity contribution in [2.45, 2.75) is 45.6 Å². The highest BCUT2D eigenvalue weighted by molar-refractivity contribution is 5.27. The maximum Gasteiger partial charge on any atom is 0.123 e. The summed E-state index contributed by atoms with van der Waals surface area (Å²) in [6, 6.07) is 5.17. The van der Waals surface area contributed by atoms with Gasteiger partial charge in [0.15, 0.2) is 0 Å². The molecule has 1 aliphatic rings. The lowest BCUT2D eigenvalue weighted by atomic mass is 9.91. The van der Waals surface area contributed by atoms with Crippen LogP contribution >= 0.6 is 0 Å². The number of aryl methyl sites for hydroxylation is 1. The summed E-state index contributed by atoms with van der Waals surface area (Å²) in [4.78, 5) is 0. The largest absolute Gasteiger partial charge is 0.327 e. The molecule has 94 valence electrons. The summed E-state index contributed by atoms with van der Waals surface area (Å²) >= 11 is 0. The van der Waals surface area contributed by atoms with Gasteiger partial charge in [0.05, 0.1) is 0 Å². The van der Waals surface area contributed by atoms with Gasteiger partial charge in [0.25, 0.3) is 0 Å². The molecule has 0 aromatic heterocycles. The van der Waals surface area contributed by atoms with Gasteiger partial charge in [-0.25, -0.2) is 4.39 Å². The molecular weight excluding hydrogens is 213 g/mol. The Morgan fingerprint density at radius 2 is 2.18 bits per heavy atom. The van der Waals surface area contributed by atoms with E-state index >= 15 is 0 Å². The van der Waals surface area contributed by atoms with Crippen LogP contribution in [0.1, 0.15) is 37.3 Å². The van der Waals surface area contributed by atoms with Crippen LogP contribution in [0.25, 0.3) is 0 Å². The average Bonchev–Trinajstić information content (AvgIpc) is 2.70. The highest BCUT2D eigenvalue weighted by Gasteiger charge is 2.26. The van der Waals surface area contributed by atoms with Crippen LogP contribution in [0.5, 0.6) is 0 Å². The first-order valence-electron chi connectivity index (χ1n) is 6.57. The first-order chi connectivity index (χ1) is 8.06. The van der Waals surface area contributed by atoms with Gasteiger partial charge in [-0.1, -0.05) is 19.4 Å². The Morgan fingerprint density at radius 1 is 1.41 bits per heavy atom. The van der Waals surface area contributed by atoms with Crippen LogP contribution in [0.4, 0.5) is 4.39 Å². The van der Waals surface area contributed by atoms with Gasteiger partial charge in [-0.05, 0) is 61.3 Å². The number of nitrogens with two attached hydrogens (primary N) is 1. The molecule has 0 saturated heterocycles. The molecule has 2 heteroatoms. The molecule has 1 nitrogen and oxygen atoms in total. The van der Waals surface area contributed by atoms with Crippen molar-refractivity contribution in [3.05, 3.63) is 35.1 Å². The van der Waals surface area contributed by atoms with Crippen LogP contribution in [0.15, 0.2) is 18.2 Å². The number of benzene rings is 1. The Labute approximate surface area is 103 Å². The highest BCUT2D eigenvalue weighted by Crippen LogP contribution is 2.33. The smallest absolute Gasteiger partial charge is 0.123 e. The van der Waals surface area contributed by atoms with E-state index in [0.29, 0.717) is 5.92 Å². The Hall–Kier alpha value is -0.890. The summed E-state index contributed by atoms with van der Waals surface area (Å²) in [7, 11) is 0. The highest BCUT2D eigenvalue weighted by atomic mass is 19.1. The topological polar surface area (TPSA) is 26.0 Å². The van der Waals surface area contributed by atoms with Gasteiger partial charge in [-0.3, -0.25) is 0 Å². The summed E-state index contributed by atoms with van der Waals surface area (Å²) in [5.74, 6) is 1.27. The zero-order valence-corrected chi connectivity index (χ0v) is 10.7. The minimum atomic E-state index is -0.155. The molecule has 1 fully saturated rings. The van der Waals surface area contributed by atoms with E-state index in [1.54, 1.807) is 6.07 Å². The van der Waals surface area contributed by atoms with Crippen molar-refractivity contribution in [1.29, 1.82) is 0 Å². The van der Waals surface area contributed by atoms with Crippen LogP contribution in [-0.4, -0.2) is 6.04 Å². The van der Waals surface area contributed by atoms with Crippen LogP contribution < -0.4 is 5.73 Å². The quantitative estimate of drug-likeness (QED) is 0.853. The van der Waals surface area contributed by atoms with E-state index < -0.39 is 0 Å². The second-order valence-electron chi connectivity index (χ2n) is 5.62. The van der Waals surface area contributed by atoms with Crippen molar-refractivity contribution in [3.8, 4) is 0 Å². The molecule has 1 aliphatic carbocycles. The number of hydrogen-bond donors (Lipinski definition) is 1. The van der Waals surface area contributed by atoms with E-state index in [4.69, 9.17) is 5.73 Å². The molecule has 17 heavy (non-hydrogen) atoms. The van der Waals surface area contributed by atoms with Crippen molar-refractivity contribution in [1.82, 2.24) is 0 Å². The SMILES string of the molecule is Cc1ccc(F)cc1CC(N)C1CCC(C)C1. The number of halogens is 1. The molecule has 0 radical (unpaired) electrons. The molecule has 1 aromatic rings. The molecular formula is C15H22FN. The normalized spacial score (nSPS) is 26.1. The standard InChI is InChI=1S/C15H22FN/c1-10-3-5-12(7-10)15(17)9-13-8-14(16)6-4-11(13)2/h4,6,8,10,12,15H,3,5,7,9,17H2,1-2H3. The fourth-order valence-corrected chi connectivity index (χ4v) is 2.92.